The van der Waals surface area contributed by atoms with Gasteiger partial charge in [-0.15, -0.1) is 0 Å². The van der Waals surface area contributed by atoms with Gasteiger partial charge in [0.15, 0.2) is 11.6 Å². The Labute approximate surface area is 121 Å². The molecule has 0 saturated carbocycles. The molecule has 1 aliphatic rings. The molecule has 20 heavy (non-hydrogen) atoms. The Morgan fingerprint density at radius 3 is 2.90 bits per heavy atom. The number of carbonyl (C=O) groups excluding carboxylic acids is 1. The fourth-order valence-electron chi connectivity index (χ4n) is 2.12. The molecule has 0 radical (unpaired) electrons. The number of nitrogens with one attached hydrogen (secondary N) is 1. The molecule has 6 heteroatoms. The molecule has 1 saturated heterocycles. The maximum Gasteiger partial charge on any atom is 0.224 e. The predicted molar refractivity (Wildman–Crippen MR) is 76.6 cm³/mol. The monoisotopic (exact) mass is 300 g/mol. The topological polar surface area (TPSA) is 32.3 Å². The summed E-state index contributed by atoms with van der Waals surface area (Å²) >= 11 is 1.84. The zero-order chi connectivity index (χ0) is 14.5. The summed E-state index contributed by atoms with van der Waals surface area (Å²) in [5.41, 5.74) is 0.589. The highest BCUT2D eigenvalue weighted by Crippen LogP contribution is 2.13. The van der Waals surface area contributed by atoms with Crippen LogP contribution < -0.4 is 5.32 Å². The van der Waals surface area contributed by atoms with Crippen molar-refractivity contribution in [3.8, 4) is 0 Å². The van der Waals surface area contributed by atoms with E-state index in [-0.39, 0.29) is 18.5 Å². The molecule has 0 bridgehead atoms. The van der Waals surface area contributed by atoms with Crippen molar-refractivity contribution in [2.45, 2.75) is 19.0 Å². The number of nitrogens with zero attached hydrogens (tertiary/aromatic N) is 1. The number of amides is 1. The Hall–Kier alpha value is -1.14. The van der Waals surface area contributed by atoms with E-state index in [1.165, 1.54) is 6.07 Å². The van der Waals surface area contributed by atoms with Crippen LogP contribution in [0.25, 0.3) is 0 Å². The van der Waals surface area contributed by atoms with Gasteiger partial charge in [-0.05, 0) is 17.7 Å². The minimum Gasteiger partial charge on any atom is -0.341 e. The van der Waals surface area contributed by atoms with E-state index in [0.29, 0.717) is 12.0 Å². The van der Waals surface area contributed by atoms with Gasteiger partial charge in [0.1, 0.15) is 0 Å². The van der Waals surface area contributed by atoms with Crippen LogP contribution in [0.3, 0.4) is 0 Å². The highest BCUT2D eigenvalue weighted by atomic mass is 32.2. The summed E-state index contributed by atoms with van der Waals surface area (Å²) in [5.74, 6) is 0.273. The van der Waals surface area contributed by atoms with E-state index < -0.39 is 11.6 Å². The number of rotatable bonds is 4. The lowest BCUT2D eigenvalue weighted by molar-refractivity contribution is -0.130. The Balaban J connectivity index is 1.88. The van der Waals surface area contributed by atoms with Crippen LogP contribution in [0.1, 0.15) is 12.0 Å². The Bertz CT molecular complexity index is 478. The standard InChI is InChI=1S/C14H18F2N2OS/c1-18(8-10-2-3-12(15)13(16)6-10)14(19)7-11-9-20-5-4-17-11/h2-3,6,11,17H,4-5,7-9H2,1H3. The Kier molecular flexibility index (Phi) is 5.37. The molecule has 0 aliphatic carbocycles. The molecule has 110 valence electrons. The Morgan fingerprint density at radius 1 is 1.45 bits per heavy atom. The van der Waals surface area contributed by atoms with E-state index in [2.05, 4.69) is 5.32 Å². The molecular formula is C14H18F2N2OS. The predicted octanol–water partition coefficient (Wildman–Crippen LogP) is 2.02. The normalized spacial score (nSPS) is 18.9. The number of hydrogen-bond acceptors (Lipinski definition) is 3. The van der Waals surface area contributed by atoms with E-state index in [0.717, 1.165) is 30.2 Å². The molecule has 1 amide bonds. The number of thioether (sulfide) groups is 1. The first-order valence-corrected chi connectivity index (χ1v) is 7.71. The molecular weight excluding hydrogens is 282 g/mol. The van der Waals surface area contributed by atoms with Gasteiger partial charge in [-0.1, -0.05) is 6.07 Å². The Morgan fingerprint density at radius 2 is 2.25 bits per heavy atom. The summed E-state index contributed by atoms with van der Waals surface area (Å²) in [4.78, 5) is 13.6. The van der Waals surface area contributed by atoms with Crippen LogP contribution >= 0.6 is 11.8 Å². The first-order valence-electron chi connectivity index (χ1n) is 6.55. The van der Waals surface area contributed by atoms with Gasteiger partial charge in [0, 0.05) is 44.1 Å². The third-order valence-corrected chi connectivity index (χ3v) is 4.38. The van der Waals surface area contributed by atoms with Crippen LogP contribution in [-0.4, -0.2) is 41.9 Å². The SMILES string of the molecule is CN(Cc1ccc(F)c(F)c1)C(=O)CC1CSCCN1. The zero-order valence-corrected chi connectivity index (χ0v) is 12.2. The molecule has 1 heterocycles. The molecule has 1 aromatic carbocycles. The second-order valence-corrected chi connectivity index (χ2v) is 6.08. The van der Waals surface area contributed by atoms with Crippen LogP contribution in [-0.2, 0) is 11.3 Å². The lowest BCUT2D eigenvalue weighted by Crippen LogP contribution is -2.41. The van der Waals surface area contributed by atoms with Gasteiger partial charge in [0.05, 0.1) is 0 Å². The van der Waals surface area contributed by atoms with Crippen LogP contribution in [0.5, 0.6) is 0 Å². The molecule has 0 aromatic heterocycles. The van der Waals surface area contributed by atoms with E-state index in [9.17, 15) is 13.6 Å². The molecule has 1 aliphatic heterocycles. The number of benzene rings is 1. The van der Waals surface area contributed by atoms with E-state index in [1.807, 2.05) is 11.8 Å². The zero-order valence-electron chi connectivity index (χ0n) is 11.4. The maximum atomic E-state index is 13.1. The fourth-order valence-corrected chi connectivity index (χ4v) is 3.07. The van der Waals surface area contributed by atoms with Gasteiger partial charge >= 0.3 is 0 Å². The van der Waals surface area contributed by atoms with Crippen molar-refractivity contribution in [3.05, 3.63) is 35.4 Å². The molecule has 1 aromatic rings. The maximum absolute atomic E-state index is 13.1. The molecule has 1 fully saturated rings. The summed E-state index contributed by atoms with van der Waals surface area (Å²) in [6.07, 6.45) is 0.438. The van der Waals surface area contributed by atoms with E-state index >= 15 is 0 Å². The second-order valence-electron chi connectivity index (χ2n) is 4.93. The summed E-state index contributed by atoms with van der Waals surface area (Å²) in [6.45, 7) is 1.21. The van der Waals surface area contributed by atoms with Crippen molar-refractivity contribution in [2.75, 3.05) is 25.1 Å². The van der Waals surface area contributed by atoms with Gasteiger partial charge in [-0.3, -0.25) is 4.79 Å². The minimum absolute atomic E-state index is 0.00901. The van der Waals surface area contributed by atoms with Crippen LogP contribution in [0, 0.1) is 11.6 Å². The van der Waals surface area contributed by atoms with Crippen molar-refractivity contribution >= 4 is 17.7 Å². The average molecular weight is 300 g/mol. The molecule has 2 rings (SSSR count). The number of hydrogen-bond donors (Lipinski definition) is 1. The largest absolute Gasteiger partial charge is 0.341 e. The van der Waals surface area contributed by atoms with Crippen LogP contribution in [0.4, 0.5) is 8.78 Å². The van der Waals surface area contributed by atoms with Gasteiger partial charge in [0.2, 0.25) is 5.91 Å². The molecule has 3 nitrogen and oxygen atoms in total. The van der Waals surface area contributed by atoms with Crippen molar-refractivity contribution < 1.29 is 13.6 Å². The minimum atomic E-state index is -0.881. The van der Waals surface area contributed by atoms with Crippen molar-refractivity contribution in [1.29, 1.82) is 0 Å². The molecule has 1 unspecified atom stereocenters. The van der Waals surface area contributed by atoms with Gasteiger partial charge in [0.25, 0.3) is 0 Å². The highest BCUT2D eigenvalue weighted by molar-refractivity contribution is 7.99. The van der Waals surface area contributed by atoms with Gasteiger partial charge in [-0.2, -0.15) is 11.8 Å². The summed E-state index contributed by atoms with van der Waals surface area (Å²) in [5, 5.41) is 3.31. The first-order chi connectivity index (χ1) is 9.56. The third kappa shape index (κ3) is 4.18. The van der Waals surface area contributed by atoms with Crippen molar-refractivity contribution in [1.82, 2.24) is 10.2 Å². The second kappa shape index (κ2) is 7.04. The third-order valence-electron chi connectivity index (χ3n) is 3.25. The fraction of sp³-hybridized carbons (Fsp3) is 0.500. The van der Waals surface area contributed by atoms with Crippen LogP contribution in [0.2, 0.25) is 0 Å². The highest BCUT2D eigenvalue weighted by Gasteiger charge is 2.19. The smallest absolute Gasteiger partial charge is 0.224 e. The van der Waals surface area contributed by atoms with Gasteiger partial charge < -0.3 is 10.2 Å². The lowest BCUT2D eigenvalue weighted by atomic mass is 10.1. The molecule has 1 N–H and O–H groups in total. The van der Waals surface area contributed by atoms with Gasteiger partial charge in [-0.25, -0.2) is 8.78 Å². The molecule has 0 spiro atoms. The average Bonchev–Trinajstić information content (AvgIpc) is 2.44. The number of halogens is 2. The molecule has 1 atom stereocenters. The summed E-state index contributed by atoms with van der Waals surface area (Å²) in [7, 11) is 1.68. The van der Waals surface area contributed by atoms with E-state index in [1.54, 1.807) is 11.9 Å². The summed E-state index contributed by atoms with van der Waals surface area (Å²) in [6, 6.07) is 3.92. The van der Waals surface area contributed by atoms with E-state index in [4.69, 9.17) is 0 Å². The van der Waals surface area contributed by atoms with Crippen molar-refractivity contribution in [2.24, 2.45) is 0 Å². The van der Waals surface area contributed by atoms with Crippen molar-refractivity contribution in [3.63, 3.8) is 0 Å². The quantitative estimate of drug-likeness (QED) is 0.923. The lowest BCUT2D eigenvalue weighted by Gasteiger charge is -2.25. The van der Waals surface area contributed by atoms with Crippen LogP contribution in [0.15, 0.2) is 18.2 Å². The first kappa shape index (κ1) is 15.3. The number of carbonyl (C=O) groups is 1. The summed E-state index contributed by atoms with van der Waals surface area (Å²) < 4.78 is 25.9.